The molecule has 0 atom stereocenters. The Kier molecular flexibility index (Phi) is 11.5. The Morgan fingerprint density at radius 3 is 1.56 bits per heavy atom. The van der Waals surface area contributed by atoms with Gasteiger partial charge in [0.2, 0.25) is 0 Å². The number of aromatic hydroxyl groups is 2. The topological polar surface area (TPSA) is 165 Å². The van der Waals surface area contributed by atoms with E-state index >= 15 is 0 Å². The molecule has 0 bridgehead atoms. The molecule has 0 spiro atoms. The van der Waals surface area contributed by atoms with Crippen LogP contribution in [-0.4, -0.2) is 46.7 Å². The Morgan fingerprint density at radius 1 is 0.667 bits per heavy atom. The van der Waals surface area contributed by atoms with Crippen molar-refractivity contribution in [2.24, 2.45) is 14.1 Å². The van der Waals surface area contributed by atoms with Gasteiger partial charge in [-0.3, -0.25) is 9.59 Å². The summed E-state index contributed by atoms with van der Waals surface area (Å²) in [6.07, 6.45) is 0. The van der Waals surface area contributed by atoms with Crippen LogP contribution in [0.1, 0.15) is 11.1 Å². The van der Waals surface area contributed by atoms with Crippen LogP contribution in [0, 0.1) is 11.6 Å². The molecule has 14 heteroatoms. The number of phenolic OH excluding ortho intramolecular Hbond substituents is 2. The maximum Gasteiger partial charge on any atom is 0.488 e. The number of pyridine rings is 2. The molecule has 0 aliphatic heterocycles. The van der Waals surface area contributed by atoms with Gasteiger partial charge in [0.1, 0.15) is 23.1 Å². The van der Waals surface area contributed by atoms with E-state index in [4.69, 9.17) is 20.3 Å². The zero-order valence-corrected chi connectivity index (χ0v) is 27.2. The Bertz CT molecular complexity index is 2210. The second-order valence-corrected chi connectivity index (χ2v) is 11.4. The number of nitrogens with zero attached hydrogens (tertiary/aromatic N) is 2. The van der Waals surface area contributed by atoms with Crippen molar-refractivity contribution in [1.82, 2.24) is 9.13 Å². The normalized spacial score (nSPS) is 10.7. The third-order valence-corrected chi connectivity index (χ3v) is 8.11. The quantitative estimate of drug-likeness (QED) is 0.151. The molecule has 0 saturated carbocycles. The summed E-state index contributed by atoms with van der Waals surface area (Å²) in [5.74, 6) is -0.656. The summed E-state index contributed by atoms with van der Waals surface area (Å²) >= 11 is 3.07. The number of halogens is 3. The molecule has 2 heterocycles. The van der Waals surface area contributed by atoms with Gasteiger partial charge in [-0.15, -0.1) is 0 Å². The fourth-order valence-corrected chi connectivity index (χ4v) is 5.15. The van der Waals surface area contributed by atoms with Crippen molar-refractivity contribution >= 4 is 50.3 Å². The highest BCUT2D eigenvalue weighted by Gasteiger charge is 2.13. The van der Waals surface area contributed by atoms with Gasteiger partial charge >= 0.3 is 7.12 Å². The predicted octanol–water partition coefficient (Wildman–Crippen LogP) is 3.55. The molecular weight excluding hydrogens is 693 g/mol. The van der Waals surface area contributed by atoms with E-state index in [9.17, 15) is 28.6 Å². The van der Waals surface area contributed by atoms with Crippen LogP contribution in [0.3, 0.4) is 0 Å². The largest absolute Gasteiger partial charge is 0.508 e. The summed E-state index contributed by atoms with van der Waals surface area (Å²) in [7, 11) is 1.75. The van der Waals surface area contributed by atoms with Crippen molar-refractivity contribution in [3.8, 4) is 22.6 Å². The first-order valence-electron chi connectivity index (χ1n) is 14.2. The Hall–Kier alpha value is -4.86. The van der Waals surface area contributed by atoms with Crippen LogP contribution in [0.2, 0.25) is 0 Å². The number of aromatic nitrogens is 2. The van der Waals surface area contributed by atoms with E-state index in [0.717, 1.165) is 0 Å². The van der Waals surface area contributed by atoms with Crippen LogP contribution < -0.4 is 16.6 Å². The highest BCUT2D eigenvalue weighted by Crippen LogP contribution is 2.30. The third-order valence-electron chi connectivity index (χ3n) is 7.51. The Morgan fingerprint density at radius 2 is 1.10 bits per heavy atom. The maximum atomic E-state index is 14.4. The molecule has 248 valence electrons. The van der Waals surface area contributed by atoms with Crippen molar-refractivity contribution < 1.29 is 39.3 Å². The van der Waals surface area contributed by atoms with Crippen LogP contribution in [0.4, 0.5) is 8.78 Å². The van der Waals surface area contributed by atoms with Gasteiger partial charge in [-0.25, -0.2) is 8.78 Å². The fraction of sp³-hybridized carbons (Fsp3) is 0.118. The number of rotatable bonds is 4. The van der Waals surface area contributed by atoms with Gasteiger partial charge in [0.25, 0.3) is 11.1 Å². The predicted molar refractivity (Wildman–Crippen MR) is 183 cm³/mol. The molecule has 4 aromatic carbocycles. The smallest absolute Gasteiger partial charge is 0.488 e. The SMILES string of the molecule is Cn1c(=O)cc(CO)c2cc(F)c(-c3ccc(O)cc3)cc21.Cn1c(=O)cc(CO)c2cc(F)c(Br)cc21.OB(O)c1ccc(O)cc1. The van der Waals surface area contributed by atoms with Crippen LogP contribution in [-0.2, 0) is 27.3 Å². The van der Waals surface area contributed by atoms with E-state index in [1.165, 1.54) is 75.9 Å². The van der Waals surface area contributed by atoms with Crippen LogP contribution >= 0.6 is 15.9 Å². The van der Waals surface area contributed by atoms with Crippen molar-refractivity contribution in [2.75, 3.05) is 0 Å². The Labute approximate surface area is 280 Å². The second-order valence-electron chi connectivity index (χ2n) is 10.6. The minimum absolute atomic E-state index is 0.0971. The number of aliphatic hydroxyl groups excluding tert-OH is 2. The highest BCUT2D eigenvalue weighted by atomic mass is 79.9. The number of aliphatic hydroxyl groups is 2. The molecule has 0 unspecified atom stereocenters. The van der Waals surface area contributed by atoms with Gasteiger partial charge in [-0.05, 0) is 86.6 Å². The summed E-state index contributed by atoms with van der Waals surface area (Å²) in [5.41, 5.74) is 2.77. The van der Waals surface area contributed by atoms with Gasteiger partial charge in [-0.1, -0.05) is 24.3 Å². The minimum Gasteiger partial charge on any atom is -0.508 e. The monoisotopic (exact) mass is 722 g/mol. The molecule has 6 N–H and O–H groups in total. The number of aryl methyl sites for hydroxylation is 2. The molecule has 6 rings (SSSR count). The average Bonchev–Trinajstić information content (AvgIpc) is 3.06. The number of hydrogen-bond acceptors (Lipinski definition) is 8. The number of hydrogen-bond donors (Lipinski definition) is 6. The van der Waals surface area contributed by atoms with Gasteiger partial charge in [0, 0.05) is 42.6 Å². The van der Waals surface area contributed by atoms with Gasteiger partial charge in [0.15, 0.2) is 0 Å². The lowest BCUT2D eigenvalue weighted by molar-refractivity contribution is 0.283. The molecule has 6 aromatic rings. The van der Waals surface area contributed by atoms with Crippen LogP contribution in [0.25, 0.3) is 32.9 Å². The van der Waals surface area contributed by atoms with E-state index in [0.29, 0.717) is 54.0 Å². The lowest BCUT2D eigenvalue weighted by Crippen LogP contribution is -2.29. The van der Waals surface area contributed by atoms with Crippen LogP contribution in [0.5, 0.6) is 11.5 Å². The molecule has 48 heavy (non-hydrogen) atoms. The highest BCUT2D eigenvalue weighted by molar-refractivity contribution is 9.10. The first-order valence-corrected chi connectivity index (χ1v) is 15.0. The maximum absolute atomic E-state index is 14.4. The summed E-state index contributed by atoms with van der Waals surface area (Å²) < 4.78 is 30.9. The molecule has 2 aromatic heterocycles. The lowest BCUT2D eigenvalue weighted by atomic mass is 9.80. The summed E-state index contributed by atoms with van der Waals surface area (Å²) in [6.45, 7) is -0.613. The summed E-state index contributed by atoms with van der Waals surface area (Å²) in [4.78, 5) is 23.5. The first kappa shape index (κ1) is 36.0. The molecule has 0 fully saturated rings. The van der Waals surface area contributed by atoms with E-state index in [1.807, 2.05) is 0 Å². The van der Waals surface area contributed by atoms with Gasteiger partial charge in [-0.2, -0.15) is 0 Å². The summed E-state index contributed by atoms with van der Waals surface area (Å²) in [5, 5.41) is 54.8. The zero-order chi connectivity index (χ0) is 35.3. The van der Waals surface area contributed by atoms with Crippen molar-refractivity contribution in [3.05, 3.63) is 133 Å². The molecule has 0 saturated heterocycles. The fourth-order valence-electron chi connectivity index (χ4n) is 4.82. The van der Waals surface area contributed by atoms with Gasteiger partial charge < -0.3 is 39.6 Å². The molecule has 0 amide bonds. The lowest BCUT2D eigenvalue weighted by Gasteiger charge is -2.12. The second kappa shape index (κ2) is 15.4. The molecule has 0 radical (unpaired) electrons. The molecular formula is C34H30BBrF2N2O8. The van der Waals surface area contributed by atoms with E-state index in [2.05, 4.69) is 15.9 Å². The first-order chi connectivity index (χ1) is 22.7. The molecule has 0 aliphatic rings. The number of benzene rings is 4. The number of phenols is 2. The summed E-state index contributed by atoms with van der Waals surface area (Å²) in [6, 6.07) is 20.2. The number of fused-ring (bicyclic) bond motifs is 2. The van der Waals surface area contributed by atoms with Crippen molar-refractivity contribution in [3.63, 3.8) is 0 Å². The van der Waals surface area contributed by atoms with E-state index in [1.54, 1.807) is 32.3 Å². The van der Waals surface area contributed by atoms with E-state index in [-0.39, 0.29) is 35.8 Å². The standard InChI is InChI=1S/C17H14FNO3.C11H9BrFNO2.C6H7BO3/c1-19-16-8-13(10-2-4-12(21)5-3-10)15(18)7-14(16)11(9-20)6-17(19)22;1-14-10-4-8(12)9(13)3-7(10)6(5-15)2-11(14)16;8-6-3-1-5(2-4-6)7(9)10/h2-8,20-21H,9H2,1H3;2-4,15H,5H2,1H3;1-4,8-10H. The zero-order valence-electron chi connectivity index (χ0n) is 25.6. The van der Waals surface area contributed by atoms with Crippen molar-refractivity contribution in [2.45, 2.75) is 13.2 Å². The van der Waals surface area contributed by atoms with Gasteiger partial charge in [0.05, 0.1) is 28.7 Å². The average molecular weight is 723 g/mol. The molecule has 10 nitrogen and oxygen atoms in total. The van der Waals surface area contributed by atoms with Crippen molar-refractivity contribution in [1.29, 1.82) is 0 Å². The van der Waals surface area contributed by atoms with E-state index < -0.39 is 18.8 Å². The third kappa shape index (κ3) is 7.98. The molecule has 0 aliphatic carbocycles. The Balaban J connectivity index is 0.000000175. The van der Waals surface area contributed by atoms with Crippen LogP contribution in [0.15, 0.2) is 99.0 Å². The minimum atomic E-state index is -1.46.